The van der Waals surface area contributed by atoms with Gasteiger partial charge in [-0.1, -0.05) is 0 Å². The third-order valence-electron chi connectivity index (χ3n) is 5.93. The van der Waals surface area contributed by atoms with Crippen LogP contribution in [0.4, 0.5) is 22.0 Å². The van der Waals surface area contributed by atoms with Crippen LogP contribution in [0.3, 0.4) is 0 Å². The Morgan fingerprint density at radius 3 is 2.69 bits per heavy atom. The summed E-state index contributed by atoms with van der Waals surface area (Å²) in [4.78, 5) is 4.12. The van der Waals surface area contributed by atoms with Gasteiger partial charge in [0, 0.05) is 30.3 Å². The molecule has 2 N–H and O–H groups in total. The lowest BCUT2D eigenvalue weighted by Crippen LogP contribution is -2.31. The summed E-state index contributed by atoms with van der Waals surface area (Å²) in [5.41, 5.74) is -5.51. The molecule has 4 aromatic rings. The summed E-state index contributed by atoms with van der Waals surface area (Å²) in [6.45, 7) is 2.08. The van der Waals surface area contributed by atoms with E-state index in [0.29, 0.717) is 24.8 Å². The number of ether oxygens (including phenoxy) is 1. The van der Waals surface area contributed by atoms with Crippen LogP contribution in [0.5, 0.6) is 11.6 Å². The highest BCUT2D eigenvalue weighted by Crippen LogP contribution is 2.47. The number of aliphatic hydroxyl groups is 1. The summed E-state index contributed by atoms with van der Waals surface area (Å²) >= 11 is 0.938. The maximum atomic E-state index is 15.5. The number of thiophene rings is 1. The van der Waals surface area contributed by atoms with Crippen LogP contribution in [0.15, 0.2) is 29.6 Å². The first-order valence-electron chi connectivity index (χ1n) is 11.4. The zero-order chi connectivity index (χ0) is 28.1. The smallest absolute Gasteiger partial charge is 0.490 e. The highest BCUT2D eigenvalue weighted by atomic mass is 32.2. The number of hydrogen-bond acceptors (Lipinski definition) is 9. The highest BCUT2D eigenvalue weighted by molar-refractivity contribution is 7.88. The van der Waals surface area contributed by atoms with Crippen molar-refractivity contribution < 1.29 is 44.4 Å². The van der Waals surface area contributed by atoms with Crippen LogP contribution >= 0.6 is 11.3 Å². The number of aromatic nitrogens is 3. The predicted octanol–water partition coefficient (Wildman–Crippen LogP) is 4.37. The molecule has 0 saturated heterocycles. The maximum Gasteiger partial charge on any atom is 0.534 e. The molecule has 0 spiro atoms. The molecule has 1 atom stereocenters. The maximum absolute atomic E-state index is 15.5. The van der Waals surface area contributed by atoms with Crippen molar-refractivity contribution in [3.63, 3.8) is 0 Å². The van der Waals surface area contributed by atoms with E-state index in [4.69, 9.17) is 4.74 Å². The van der Waals surface area contributed by atoms with Gasteiger partial charge in [-0.05, 0) is 24.4 Å². The van der Waals surface area contributed by atoms with E-state index < -0.39 is 39.7 Å². The molecule has 0 radical (unpaired) electrons. The average molecular weight is 591 g/mol. The van der Waals surface area contributed by atoms with E-state index in [1.54, 1.807) is 10.7 Å². The molecule has 1 aliphatic heterocycles. The van der Waals surface area contributed by atoms with Crippen LogP contribution in [0.2, 0.25) is 0 Å². The molecule has 3 aromatic heterocycles. The van der Waals surface area contributed by atoms with E-state index in [0.717, 1.165) is 17.4 Å². The van der Waals surface area contributed by atoms with Crippen molar-refractivity contribution in [1.82, 2.24) is 20.1 Å². The van der Waals surface area contributed by atoms with Gasteiger partial charge in [-0.2, -0.15) is 26.7 Å². The van der Waals surface area contributed by atoms with Crippen molar-refractivity contribution in [1.29, 1.82) is 0 Å². The fourth-order valence-electron chi connectivity index (χ4n) is 4.26. The van der Waals surface area contributed by atoms with Gasteiger partial charge in [0.25, 0.3) is 0 Å². The Bertz CT molecular complexity index is 1670. The number of nitrogens with one attached hydrogen (secondary N) is 1. The Morgan fingerprint density at radius 2 is 2.00 bits per heavy atom. The fourth-order valence-corrected chi connectivity index (χ4v) is 5.63. The van der Waals surface area contributed by atoms with Crippen molar-refractivity contribution in [2.24, 2.45) is 0 Å². The first-order valence-corrected chi connectivity index (χ1v) is 13.7. The minimum absolute atomic E-state index is 0.0294. The summed E-state index contributed by atoms with van der Waals surface area (Å²) in [5, 5.41) is 18.2. The molecule has 1 aromatic carbocycles. The Kier molecular flexibility index (Phi) is 6.98. The second-order valence-corrected chi connectivity index (χ2v) is 10.9. The number of rotatable bonds is 7. The molecule has 0 amide bonds. The lowest BCUT2D eigenvalue weighted by Gasteiger charge is -2.21. The lowest BCUT2D eigenvalue weighted by atomic mass is 9.98. The number of halogens is 5. The quantitative estimate of drug-likeness (QED) is 0.185. The second-order valence-electron chi connectivity index (χ2n) is 8.47. The predicted molar refractivity (Wildman–Crippen MR) is 131 cm³/mol. The minimum Gasteiger partial charge on any atom is -0.490 e. The number of benzene rings is 1. The van der Waals surface area contributed by atoms with Gasteiger partial charge in [0.2, 0.25) is 5.88 Å². The summed E-state index contributed by atoms with van der Waals surface area (Å²) in [7, 11) is -6.11. The Morgan fingerprint density at radius 1 is 1.23 bits per heavy atom. The van der Waals surface area contributed by atoms with Crippen LogP contribution in [0.25, 0.3) is 32.6 Å². The molecule has 0 aliphatic carbocycles. The molecular formula is C23H19F5N4O5S2. The molecule has 0 fully saturated rings. The fraction of sp³-hybridized carbons (Fsp3) is 0.304. The molecule has 39 heavy (non-hydrogen) atoms. The van der Waals surface area contributed by atoms with E-state index >= 15 is 4.39 Å². The zero-order valence-corrected chi connectivity index (χ0v) is 21.6. The molecule has 0 unspecified atom stereocenters. The van der Waals surface area contributed by atoms with Crippen LogP contribution < -0.4 is 14.2 Å². The SMILES string of the molecule is C[C@H]1NCCn2nc(-c3nc(OS(=O)(=O)C(F)(F)F)c4ccsc4c3-c3c(F)cc(F)cc3OCCO)cc21. The first kappa shape index (κ1) is 27.2. The molecule has 1 aliphatic rings. The van der Waals surface area contributed by atoms with Gasteiger partial charge in [-0.25, -0.2) is 13.8 Å². The largest absolute Gasteiger partial charge is 0.534 e. The molecule has 0 bridgehead atoms. The highest BCUT2D eigenvalue weighted by Gasteiger charge is 2.49. The van der Waals surface area contributed by atoms with Gasteiger partial charge in [0.1, 0.15) is 35.4 Å². The van der Waals surface area contributed by atoms with Gasteiger partial charge in [0.15, 0.2) is 0 Å². The van der Waals surface area contributed by atoms with Crippen LogP contribution in [0, 0.1) is 11.6 Å². The molecule has 4 heterocycles. The van der Waals surface area contributed by atoms with E-state index in [-0.39, 0.29) is 51.0 Å². The third kappa shape index (κ3) is 4.92. The molecule has 208 valence electrons. The monoisotopic (exact) mass is 590 g/mol. The molecule has 0 saturated carbocycles. The Hall–Kier alpha value is -3.34. The average Bonchev–Trinajstić information content (AvgIpc) is 3.50. The van der Waals surface area contributed by atoms with Crippen molar-refractivity contribution in [3.8, 4) is 34.1 Å². The summed E-state index contributed by atoms with van der Waals surface area (Å²) in [5.74, 6) is -3.26. The second kappa shape index (κ2) is 10.0. The van der Waals surface area contributed by atoms with Crippen LogP contribution in [-0.4, -0.2) is 53.6 Å². The third-order valence-corrected chi connectivity index (χ3v) is 7.81. The Balaban J connectivity index is 1.84. The summed E-state index contributed by atoms with van der Waals surface area (Å²) in [6.07, 6.45) is 0. The number of aliphatic hydroxyl groups excluding tert-OH is 1. The number of fused-ring (bicyclic) bond motifs is 2. The topological polar surface area (TPSA) is 116 Å². The lowest BCUT2D eigenvalue weighted by molar-refractivity contribution is -0.0500. The summed E-state index contributed by atoms with van der Waals surface area (Å²) < 4.78 is 105. The van der Waals surface area contributed by atoms with Gasteiger partial charge in [0.05, 0.1) is 34.5 Å². The van der Waals surface area contributed by atoms with E-state index in [1.807, 2.05) is 6.92 Å². The van der Waals surface area contributed by atoms with Crippen LogP contribution in [0.1, 0.15) is 18.7 Å². The van der Waals surface area contributed by atoms with Gasteiger partial charge in [-0.15, -0.1) is 11.3 Å². The number of pyridine rings is 1. The first-order chi connectivity index (χ1) is 18.4. The minimum atomic E-state index is -6.11. The van der Waals surface area contributed by atoms with Crippen molar-refractivity contribution in [2.75, 3.05) is 19.8 Å². The van der Waals surface area contributed by atoms with Crippen molar-refractivity contribution >= 4 is 31.5 Å². The van der Waals surface area contributed by atoms with Crippen molar-refractivity contribution in [3.05, 3.63) is 47.0 Å². The van der Waals surface area contributed by atoms with Crippen LogP contribution in [-0.2, 0) is 16.7 Å². The summed E-state index contributed by atoms with van der Waals surface area (Å²) in [6, 6.07) is 4.16. The Labute approximate surface area is 221 Å². The number of hydrogen-bond donors (Lipinski definition) is 2. The van der Waals surface area contributed by atoms with Crippen molar-refractivity contribution in [2.45, 2.75) is 25.0 Å². The molecule has 16 heteroatoms. The van der Waals surface area contributed by atoms with Gasteiger partial charge >= 0.3 is 15.6 Å². The van der Waals surface area contributed by atoms with Gasteiger partial charge in [-0.3, -0.25) is 4.68 Å². The number of alkyl halides is 3. The van der Waals surface area contributed by atoms with E-state index in [2.05, 4.69) is 19.6 Å². The standard InChI is InChI=1S/C23H19F5N4O5S2/c1-11-16-10-15(31-32(16)4-3-29-11)20-19(18-14(25)8-12(24)9-17(18)36-6-5-33)21-13(2-7-38-21)22(30-20)37-39(34,35)23(26,27)28/h2,7-11,29,33H,3-6H2,1H3/t11-/m1/s1. The van der Waals surface area contributed by atoms with Gasteiger partial charge < -0.3 is 19.3 Å². The molecular weight excluding hydrogens is 571 g/mol. The molecule has 9 nitrogen and oxygen atoms in total. The normalized spacial score (nSPS) is 15.9. The zero-order valence-electron chi connectivity index (χ0n) is 19.9. The molecule has 5 rings (SSSR count). The number of nitrogens with zero attached hydrogens (tertiary/aromatic N) is 3. The van der Waals surface area contributed by atoms with E-state index in [1.165, 1.54) is 11.4 Å². The van der Waals surface area contributed by atoms with E-state index in [9.17, 15) is 31.1 Å².